The fourth-order valence-corrected chi connectivity index (χ4v) is 2.38. The zero-order chi connectivity index (χ0) is 21.2. The molecule has 0 amide bonds. The number of aromatic nitrogens is 2. The number of nitrogens with zero attached hydrogens (tertiary/aromatic N) is 2. The largest absolute Gasteiger partial charge is 0.481 e. The third-order valence-electron chi connectivity index (χ3n) is 3.89. The summed E-state index contributed by atoms with van der Waals surface area (Å²) < 4.78 is 47.4. The van der Waals surface area contributed by atoms with Crippen LogP contribution in [0.2, 0.25) is 0 Å². The molecule has 7 nitrogen and oxygen atoms in total. The van der Waals surface area contributed by atoms with E-state index in [0.717, 1.165) is 19.3 Å². The molecular weight excluding hydrogens is 381 g/mol. The van der Waals surface area contributed by atoms with Crippen molar-refractivity contribution in [3.63, 3.8) is 0 Å². The van der Waals surface area contributed by atoms with Crippen LogP contribution in [0, 0.1) is 0 Å². The average Bonchev–Trinajstić information content (AvgIpc) is 3.03. The second-order valence-corrected chi connectivity index (χ2v) is 6.44. The van der Waals surface area contributed by atoms with Crippen LogP contribution in [0.4, 0.5) is 13.2 Å². The molecule has 10 heteroatoms. The molecule has 0 aromatic carbocycles. The Kier molecular flexibility index (Phi) is 9.67. The summed E-state index contributed by atoms with van der Waals surface area (Å²) in [4.78, 5) is 26.4. The minimum Gasteiger partial charge on any atom is -0.481 e. The van der Waals surface area contributed by atoms with E-state index in [-0.39, 0.29) is 17.9 Å². The number of carbonyl (C=O) groups excluding carboxylic acids is 1. The molecule has 0 saturated heterocycles. The van der Waals surface area contributed by atoms with E-state index in [0.29, 0.717) is 12.2 Å². The maximum absolute atomic E-state index is 12.7. The zero-order valence-electron chi connectivity index (χ0n) is 15.8. The number of carboxylic acids is 1. The molecule has 1 aromatic heterocycles. The Labute approximate surface area is 160 Å². The molecule has 28 heavy (non-hydrogen) atoms. The molecule has 0 aliphatic heterocycles. The predicted octanol–water partition coefficient (Wildman–Crippen LogP) is 4.02. The lowest BCUT2D eigenvalue weighted by Crippen LogP contribution is -2.36. The van der Waals surface area contributed by atoms with E-state index in [1.807, 2.05) is 0 Å². The van der Waals surface area contributed by atoms with Gasteiger partial charge in [-0.05, 0) is 6.42 Å². The molecule has 1 atom stereocenters. The zero-order valence-corrected chi connectivity index (χ0v) is 15.8. The topological polar surface area (TPSA) is 103 Å². The van der Waals surface area contributed by atoms with E-state index in [9.17, 15) is 22.8 Å². The standard InChI is InChI=1S/C18H25F3N2O5/c1-3-4-5-6-7-8-9-14-22-15(28-23-14)10-12(2)17(26)27-13(11-16(24)25)18(19,20)21/h13H,2-11H2,1H3,(H,24,25). The number of hydrogen-bond donors (Lipinski definition) is 1. The summed E-state index contributed by atoms with van der Waals surface area (Å²) in [7, 11) is 0. The molecule has 0 spiro atoms. The minimum absolute atomic E-state index is 0.0322. The SMILES string of the molecule is C=C(Cc1nc(CCCCCCCC)no1)C(=O)OC(CC(=O)O)C(F)(F)F. The van der Waals surface area contributed by atoms with Gasteiger partial charge in [-0.15, -0.1) is 0 Å². The number of aryl methyl sites for hydroxylation is 1. The Morgan fingerprint density at radius 1 is 1.21 bits per heavy atom. The molecule has 0 bridgehead atoms. The summed E-state index contributed by atoms with van der Waals surface area (Å²) >= 11 is 0. The number of carbonyl (C=O) groups is 2. The van der Waals surface area contributed by atoms with Gasteiger partial charge < -0.3 is 14.4 Å². The van der Waals surface area contributed by atoms with Gasteiger partial charge in [-0.3, -0.25) is 4.79 Å². The Morgan fingerprint density at radius 2 is 1.86 bits per heavy atom. The van der Waals surface area contributed by atoms with Gasteiger partial charge in [0.15, 0.2) is 5.82 Å². The van der Waals surface area contributed by atoms with Gasteiger partial charge in [0, 0.05) is 12.0 Å². The summed E-state index contributed by atoms with van der Waals surface area (Å²) in [5, 5.41) is 12.3. The van der Waals surface area contributed by atoms with E-state index >= 15 is 0 Å². The van der Waals surface area contributed by atoms with Gasteiger partial charge >= 0.3 is 18.1 Å². The predicted molar refractivity (Wildman–Crippen MR) is 92.4 cm³/mol. The van der Waals surface area contributed by atoms with Crippen LogP contribution in [0.1, 0.15) is 63.6 Å². The normalized spacial score (nSPS) is 12.6. The van der Waals surface area contributed by atoms with Crippen molar-refractivity contribution < 1.29 is 37.1 Å². The Hall–Kier alpha value is -2.39. The van der Waals surface area contributed by atoms with E-state index < -0.39 is 30.6 Å². The molecule has 0 saturated carbocycles. The van der Waals surface area contributed by atoms with Crippen LogP contribution in [0.3, 0.4) is 0 Å². The number of carboxylic acid groups (broad SMARTS) is 1. The van der Waals surface area contributed by atoms with Crippen molar-refractivity contribution in [2.45, 2.75) is 77.0 Å². The molecule has 1 aromatic rings. The first-order valence-corrected chi connectivity index (χ1v) is 9.12. The van der Waals surface area contributed by atoms with Gasteiger partial charge in [0.1, 0.15) is 0 Å². The fourth-order valence-electron chi connectivity index (χ4n) is 2.38. The van der Waals surface area contributed by atoms with Crippen molar-refractivity contribution in [3.05, 3.63) is 23.9 Å². The van der Waals surface area contributed by atoms with E-state index in [4.69, 9.17) is 9.63 Å². The van der Waals surface area contributed by atoms with E-state index in [1.165, 1.54) is 19.3 Å². The molecular formula is C18H25F3N2O5. The molecule has 0 fully saturated rings. The molecule has 1 heterocycles. The second kappa shape index (κ2) is 11.5. The summed E-state index contributed by atoms with van der Waals surface area (Å²) in [6, 6.07) is 0. The number of halogens is 3. The maximum Gasteiger partial charge on any atom is 0.426 e. The highest BCUT2D eigenvalue weighted by Crippen LogP contribution is 2.26. The van der Waals surface area contributed by atoms with Crippen LogP contribution in [0.5, 0.6) is 0 Å². The van der Waals surface area contributed by atoms with Crippen molar-refractivity contribution >= 4 is 11.9 Å². The van der Waals surface area contributed by atoms with E-state index in [1.54, 1.807) is 0 Å². The number of aliphatic carboxylic acids is 1. The first kappa shape index (κ1) is 23.6. The third kappa shape index (κ3) is 9.01. The molecule has 0 aliphatic rings. The molecule has 0 aliphatic carbocycles. The van der Waals surface area contributed by atoms with Crippen LogP contribution in [0.25, 0.3) is 0 Å². The lowest BCUT2D eigenvalue weighted by molar-refractivity contribution is -0.222. The summed E-state index contributed by atoms with van der Waals surface area (Å²) in [5.74, 6) is -2.62. The minimum atomic E-state index is -5.00. The third-order valence-corrected chi connectivity index (χ3v) is 3.89. The number of alkyl halides is 3. The quantitative estimate of drug-likeness (QED) is 0.300. The first-order valence-electron chi connectivity index (χ1n) is 9.12. The summed E-state index contributed by atoms with van der Waals surface area (Å²) in [6.45, 7) is 5.50. The van der Waals surface area contributed by atoms with Crippen LogP contribution in [-0.2, 0) is 27.2 Å². The monoisotopic (exact) mass is 406 g/mol. The van der Waals surface area contributed by atoms with Crippen molar-refractivity contribution in [1.29, 1.82) is 0 Å². The lowest BCUT2D eigenvalue weighted by Gasteiger charge is -2.19. The van der Waals surface area contributed by atoms with Gasteiger partial charge in [0.2, 0.25) is 12.0 Å². The molecule has 1 unspecified atom stereocenters. The van der Waals surface area contributed by atoms with Crippen molar-refractivity contribution in [1.82, 2.24) is 10.1 Å². The van der Waals surface area contributed by atoms with Crippen LogP contribution >= 0.6 is 0 Å². The highest BCUT2D eigenvalue weighted by molar-refractivity contribution is 5.88. The second-order valence-electron chi connectivity index (χ2n) is 6.44. The van der Waals surface area contributed by atoms with Gasteiger partial charge in [-0.1, -0.05) is 50.8 Å². The number of rotatable bonds is 13. The van der Waals surface area contributed by atoms with Crippen LogP contribution in [-0.4, -0.2) is 39.5 Å². The molecule has 158 valence electrons. The molecule has 1 N–H and O–H groups in total. The first-order chi connectivity index (χ1) is 13.1. The van der Waals surface area contributed by atoms with Crippen molar-refractivity contribution in [2.75, 3.05) is 0 Å². The van der Waals surface area contributed by atoms with Crippen LogP contribution < -0.4 is 0 Å². The highest BCUT2D eigenvalue weighted by atomic mass is 19.4. The van der Waals surface area contributed by atoms with Gasteiger partial charge in [-0.25, -0.2) is 4.79 Å². The lowest BCUT2D eigenvalue weighted by atomic mass is 10.1. The number of hydrogen-bond acceptors (Lipinski definition) is 6. The van der Waals surface area contributed by atoms with Crippen molar-refractivity contribution in [3.8, 4) is 0 Å². The number of esters is 1. The van der Waals surface area contributed by atoms with Gasteiger partial charge in [-0.2, -0.15) is 18.2 Å². The maximum atomic E-state index is 12.7. The molecule has 1 rings (SSSR count). The fraction of sp³-hybridized carbons (Fsp3) is 0.667. The van der Waals surface area contributed by atoms with E-state index in [2.05, 4.69) is 28.4 Å². The number of unbranched alkanes of at least 4 members (excludes halogenated alkanes) is 5. The number of ether oxygens (including phenoxy) is 1. The van der Waals surface area contributed by atoms with Crippen LogP contribution in [0.15, 0.2) is 16.7 Å². The molecule has 0 radical (unpaired) electrons. The smallest absolute Gasteiger partial charge is 0.426 e. The van der Waals surface area contributed by atoms with Gasteiger partial charge in [0.05, 0.1) is 12.8 Å². The highest BCUT2D eigenvalue weighted by Gasteiger charge is 2.44. The Morgan fingerprint density at radius 3 is 2.46 bits per heavy atom. The Balaban J connectivity index is 2.48. The van der Waals surface area contributed by atoms with Crippen molar-refractivity contribution in [2.24, 2.45) is 0 Å². The average molecular weight is 406 g/mol. The Bertz CT molecular complexity index is 658. The summed E-state index contributed by atoms with van der Waals surface area (Å²) in [6.07, 6.45) is -2.23. The summed E-state index contributed by atoms with van der Waals surface area (Å²) in [5.41, 5.74) is -0.339. The van der Waals surface area contributed by atoms with Gasteiger partial charge in [0.25, 0.3) is 0 Å².